The molecule has 0 radical (unpaired) electrons. The van der Waals surface area contributed by atoms with Crippen molar-refractivity contribution >= 4 is 17.5 Å². The number of aromatic nitrogens is 1. The normalized spacial score (nSPS) is 11.0. The highest BCUT2D eigenvalue weighted by atomic mass is 19.4. The molecule has 3 N–H and O–H groups in total. The summed E-state index contributed by atoms with van der Waals surface area (Å²) in [5, 5.41) is 2.54. The molecule has 0 bridgehead atoms. The summed E-state index contributed by atoms with van der Waals surface area (Å²) in [5.41, 5.74) is 5.92. The molecule has 0 aliphatic heterocycles. The van der Waals surface area contributed by atoms with E-state index in [1.807, 2.05) is 0 Å². The van der Waals surface area contributed by atoms with Crippen LogP contribution in [0, 0.1) is 0 Å². The van der Waals surface area contributed by atoms with Gasteiger partial charge in [-0.05, 0) is 29.8 Å². The van der Waals surface area contributed by atoms with E-state index >= 15 is 0 Å². The van der Waals surface area contributed by atoms with Crippen LogP contribution < -0.4 is 15.8 Å². The first kappa shape index (κ1) is 17.3. The lowest BCUT2D eigenvalue weighted by molar-refractivity contribution is -0.274. The number of hydrogen-bond acceptors (Lipinski definition) is 4. The van der Waals surface area contributed by atoms with Gasteiger partial charge in [0.1, 0.15) is 11.4 Å². The number of benzene rings is 1. The van der Waals surface area contributed by atoms with Gasteiger partial charge in [-0.25, -0.2) is 0 Å². The van der Waals surface area contributed by atoms with Crippen molar-refractivity contribution < 1.29 is 27.5 Å². The molecule has 2 aromatic rings. The van der Waals surface area contributed by atoms with Crippen molar-refractivity contribution in [1.82, 2.24) is 4.98 Å². The minimum absolute atomic E-state index is 0.00134. The number of hydrogen-bond donors (Lipinski definition) is 2. The summed E-state index contributed by atoms with van der Waals surface area (Å²) in [7, 11) is 0. The number of ether oxygens (including phenoxy) is 1. The summed E-state index contributed by atoms with van der Waals surface area (Å²) in [6, 6.07) is 7.73. The van der Waals surface area contributed by atoms with Crippen LogP contribution in [0.1, 0.15) is 16.1 Å². The Labute approximate surface area is 134 Å². The highest BCUT2D eigenvalue weighted by Crippen LogP contribution is 2.22. The van der Waals surface area contributed by atoms with E-state index in [1.54, 1.807) is 0 Å². The van der Waals surface area contributed by atoms with Gasteiger partial charge in [-0.15, -0.1) is 13.2 Å². The van der Waals surface area contributed by atoms with Crippen LogP contribution in [-0.4, -0.2) is 23.2 Å². The fourth-order valence-electron chi connectivity index (χ4n) is 1.84. The molecular formula is C15H12F3N3O3. The Kier molecular flexibility index (Phi) is 5.02. The molecule has 6 nitrogen and oxygen atoms in total. The summed E-state index contributed by atoms with van der Waals surface area (Å²) in [5.74, 6) is -1.51. The summed E-state index contributed by atoms with van der Waals surface area (Å²) in [6.07, 6.45) is -3.52. The highest BCUT2D eigenvalue weighted by molar-refractivity contribution is 5.95. The number of carbonyl (C=O) groups is 2. The van der Waals surface area contributed by atoms with Crippen molar-refractivity contribution in [2.24, 2.45) is 5.73 Å². The third-order valence-electron chi connectivity index (χ3n) is 2.82. The van der Waals surface area contributed by atoms with E-state index in [4.69, 9.17) is 5.73 Å². The maximum absolute atomic E-state index is 12.1. The average Bonchev–Trinajstić information content (AvgIpc) is 2.48. The molecule has 0 atom stereocenters. The van der Waals surface area contributed by atoms with Crippen LogP contribution in [0.3, 0.4) is 0 Å². The zero-order valence-corrected chi connectivity index (χ0v) is 12.1. The number of carbonyl (C=O) groups excluding carboxylic acids is 2. The predicted molar refractivity (Wildman–Crippen MR) is 78.2 cm³/mol. The third kappa shape index (κ3) is 5.27. The number of alkyl halides is 3. The quantitative estimate of drug-likeness (QED) is 0.874. The van der Waals surface area contributed by atoms with Crippen LogP contribution in [0.4, 0.5) is 18.9 Å². The lowest BCUT2D eigenvalue weighted by Gasteiger charge is -2.09. The number of anilines is 1. The van der Waals surface area contributed by atoms with E-state index in [0.29, 0.717) is 11.3 Å². The van der Waals surface area contributed by atoms with Crippen molar-refractivity contribution in [3.63, 3.8) is 0 Å². The lowest BCUT2D eigenvalue weighted by Crippen LogP contribution is -2.18. The molecular weight excluding hydrogens is 327 g/mol. The SMILES string of the molecule is NC(=O)c1cc(NC(=O)Cc2ccc(OC(F)(F)F)cc2)ccn1. The summed E-state index contributed by atoms with van der Waals surface area (Å²) in [6.45, 7) is 0. The maximum atomic E-state index is 12.1. The number of nitrogens with zero attached hydrogens (tertiary/aromatic N) is 1. The Morgan fingerprint density at radius 1 is 1.17 bits per heavy atom. The first-order chi connectivity index (χ1) is 11.2. The van der Waals surface area contributed by atoms with Gasteiger partial charge >= 0.3 is 6.36 Å². The van der Waals surface area contributed by atoms with E-state index in [0.717, 1.165) is 12.1 Å². The number of nitrogens with one attached hydrogen (secondary N) is 1. The Bertz CT molecular complexity index is 746. The molecule has 0 aliphatic carbocycles. The zero-order chi connectivity index (χ0) is 17.7. The molecule has 2 amide bonds. The minimum Gasteiger partial charge on any atom is -0.406 e. The van der Waals surface area contributed by atoms with Crippen molar-refractivity contribution in [2.45, 2.75) is 12.8 Å². The molecule has 1 aromatic carbocycles. The molecule has 0 fully saturated rings. The Morgan fingerprint density at radius 3 is 2.42 bits per heavy atom. The number of nitrogens with two attached hydrogens (primary N) is 1. The fraction of sp³-hybridized carbons (Fsp3) is 0.133. The zero-order valence-electron chi connectivity index (χ0n) is 12.1. The summed E-state index contributed by atoms with van der Waals surface area (Å²) < 4.78 is 39.9. The lowest BCUT2D eigenvalue weighted by atomic mass is 10.1. The van der Waals surface area contributed by atoms with E-state index in [9.17, 15) is 22.8 Å². The molecule has 0 spiro atoms. The topological polar surface area (TPSA) is 94.3 Å². The molecule has 0 unspecified atom stereocenters. The Balaban J connectivity index is 1.97. The average molecular weight is 339 g/mol. The maximum Gasteiger partial charge on any atom is 0.573 e. The molecule has 9 heteroatoms. The Morgan fingerprint density at radius 2 is 1.83 bits per heavy atom. The second kappa shape index (κ2) is 6.99. The van der Waals surface area contributed by atoms with Crippen LogP contribution >= 0.6 is 0 Å². The molecule has 0 aliphatic rings. The van der Waals surface area contributed by atoms with Crippen LogP contribution in [0.5, 0.6) is 5.75 Å². The largest absolute Gasteiger partial charge is 0.573 e. The van der Waals surface area contributed by atoms with Crippen molar-refractivity contribution in [3.8, 4) is 5.75 Å². The second-order valence-corrected chi connectivity index (χ2v) is 4.71. The van der Waals surface area contributed by atoms with Crippen LogP contribution in [0.15, 0.2) is 42.6 Å². The first-order valence-corrected chi connectivity index (χ1v) is 6.63. The Hall–Kier alpha value is -3.10. The van der Waals surface area contributed by atoms with Crippen molar-refractivity contribution in [1.29, 1.82) is 0 Å². The minimum atomic E-state index is -4.77. The van der Waals surface area contributed by atoms with Gasteiger partial charge < -0.3 is 15.8 Å². The van der Waals surface area contributed by atoms with E-state index in [1.165, 1.54) is 30.5 Å². The van der Waals surface area contributed by atoms with Gasteiger partial charge in [0.25, 0.3) is 5.91 Å². The number of pyridine rings is 1. The molecule has 1 heterocycles. The molecule has 126 valence electrons. The van der Waals surface area contributed by atoms with Gasteiger partial charge in [0, 0.05) is 11.9 Å². The molecule has 0 saturated heterocycles. The second-order valence-electron chi connectivity index (χ2n) is 4.71. The summed E-state index contributed by atoms with van der Waals surface area (Å²) >= 11 is 0. The monoisotopic (exact) mass is 339 g/mol. The molecule has 0 saturated carbocycles. The first-order valence-electron chi connectivity index (χ1n) is 6.63. The van der Waals surface area contributed by atoms with Crippen LogP contribution in [0.25, 0.3) is 0 Å². The van der Waals surface area contributed by atoms with Gasteiger partial charge in [0.15, 0.2) is 0 Å². The van der Waals surface area contributed by atoms with Gasteiger partial charge in [-0.3, -0.25) is 14.6 Å². The fourth-order valence-corrected chi connectivity index (χ4v) is 1.84. The van der Waals surface area contributed by atoms with Gasteiger partial charge in [0.05, 0.1) is 6.42 Å². The van der Waals surface area contributed by atoms with E-state index in [2.05, 4.69) is 15.0 Å². The number of halogens is 3. The van der Waals surface area contributed by atoms with E-state index in [-0.39, 0.29) is 17.9 Å². The highest BCUT2D eigenvalue weighted by Gasteiger charge is 2.30. The molecule has 2 rings (SSSR count). The van der Waals surface area contributed by atoms with Gasteiger partial charge in [0.2, 0.25) is 5.91 Å². The van der Waals surface area contributed by atoms with Gasteiger partial charge in [-0.1, -0.05) is 12.1 Å². The molecule has 1 aromatic heterocycles. The van der Waals surface area contributed by atoms with Crippen LogP contribution in [0.2, 0.25) is 0 Å². The third-order valence-corrected chi connectivity index (χ3v) is 2.82. The summed E-state index contributed by atoms with van der Waals surface area (Å²) in [4.78, 5) is 26.7. The number of rotatable bonds is 5. The van der Waals surface area contributed by atoms with Crippen LogP contribution in [-0.2, 0) is 11.2 Å². The van der Waals surface area contributed by atoms with E-state index < -0.39 is 18.2 Å². The van der Waals surface area contributed by atoms with Crippen molar-refractivity contribution in [2.75, 3.05) is 5.32 Å². The molecule has 24 heavy (non-hydrogen) atoms. The number of primary amides is 1. The standard InChI is InChI=1S/C15H12F3N3O3/c16-15(17,18)24-11-3-1-9(2-4-11)7-13(22)21-10-5-6-20-12(8-10)14(19)23/h1-6,8H,7H2,(H2,19,23)(H,20,21,22). The van der Waals surface area contributed by atoms with Gasteiger partial charge in [-0.2, -0.15) is 0 Å². The van der Waals surface area contributed by atoms with Crippen molar-refractivity contribution in [3.05, 3.63) is 53.9 Å². The predicted octanol–water partition coefficient (Wildman–Crippen LogP) is 2.26. The smallest absolute Gasteiger partial charge is 0.406 e. The number of amides is 2.